The predicted molar refractivity (Wildman–Crippen MR) is 188 cm³/mol. The van der Waals surface area contributed by atoms with Gasteiger partial charge in [-0.2, -0.15) is 13.2 Å². The van der Waals surface area contributed by atoms with Crippen LogP contribution in [0.5, 0.6) is 23.1 Å². The molecule has 15 nitrogen and oxygen atoms in total. The molecule has 2 saturated heterocycles. The molecule has 0 aliphatic carbocycles. The average Bonchev–Trinajstić information content (AvgIpc) is 3.55. The number of aromatic nitrogens is 4. The van der Waals surface area contributed by atoms with Crippen LogP contribution in [-0.2, 0) is 22.1 Å². The summed E-state index contributed by atoms with van der Waals surface area (Å²) >= 11 is 2.23. The summed E-state index contributed by atoms with van der Waals surface area (Å²) < 4.78 is 69.0. The maximum Gasteiger partial charge on any atom is 0.434 e. The number of aliphatic hydroxyl groups is 2. The van der Waals surface area contributed by atoms with Crippen LogP contribution in [0.1, 0.15) is 28.2 Å². The minimum atomic E-state index is -4.73. The zero-order chi connectivity index (χ0) is 37.6. The molecule has 0 spiro atoms. The lowest BCUT2D eigenvalue weighted by Crippen LogP contribution is -2.64. The highest BCUT2D eigenvalue weighted by molar-refractivity contribution is 14.1. The Labute approximate surface area is 314 Å². The highest BCUT2D eigenvalue weighted by Crippen LogP contribution is 2.39. The molecule has 2 aromatic carbocycles. The molecular weight excluding hydrogens is 818 g/mol. The van der Waals surface area contributed by atoms with Crippen LogP contribution in [0.3, 0.4) is 0 Å². The highest BCUT2D eigenvalue weighted by atomic mass is 127. The fraction of sp³-hybridized carbons (Fsp3) is 0.382. The van der Waals surface area contributed by atoms with Crippen LogP contribution >= 0.6 is 22.6 Å². The normalized spacial score (nSPS) is 22.2. The highest BCUT2D eigenvalue weighted by Gasteiger charge is 2.60. The molecule has 1 amide bonds. The van der Waals surface area contributed by atoms with Gasteiger partial charge < -0.3 is 50.3 Å². The van der Waals surface area contributed by atoms with E-state index in [4.69, 9.17) is 29.4 Å². The lowest BCUT2D eigenvalue weighted by atomic mass is 9.88. The smallest absolute Gasteiger partial charge is 0.434 e. The van der Waals surface area contributed by atoms with Crippen molar-refractivity contribution in [1.29, 1.82) is 0 Å². The largest absolute Gasteiger partial charge is 0.494 e. The van der Waals surface area contributed by atoms with Crippen LogP contribution in [-0.4, -0.2) is 99.3 Å². The summed E-state index contributed by atoms with van der Waals surface area (Å²) in [7, 11) is 0. The lowest BCUT2D eigenvalue weighted by Gasteiger charge is -2.42. The summed E-state index contributed by atoms with van der Waals surface area (Å²) in [5.74, 6) is 1.32. The molecule has 2 aliphatic rings. The number of ether oxygens (including phenoxy) is 5. The number of alkyl halides is 3. The fourth-order valence-electron chi connectivity index (χ4n) is 5.53. The molecule has 2 aromatic heterocycles. The van der Waals surface area contributed by atoms with Crippen molar-refractivity contribution < 1.29 is 51.9 Å². The Morgan fingerprint density at radius 3 is 2.57 bits per heavy atom. The Morgan fingerprint density at radius 2 is 1.85 bits per heavy atom. The third kappa shape index (κ3) is 9.40. The van der Waals surface area contributed by atoms with Gasteiger partial charge in [0.15, 0.2) is 23.3 Å². The molecule has 19 heteroatoms. The second-order valence-electron chi connectivity index (χ2n) is 12.1. The SMILES string of the molecule is NCCc1ccc(Oc2ccc(OCCCNC(=O)c3ccc(OC[C@@]45CO[C@@H](O4)[C@H](Nc4cncc(C(F)(F)F)n4)[C@@H](O)[C@H]5O)nn3)cc2)c(I)c1. The summed E-state index contributed by atoms with van der Waals surface area (Å²) in [4.78, 5) is 19.6. The number of anilines is 1. The van der Waals surface area contributed by atoms with Gasteiger partial charge >= 0.3 is 6.18 Å². The molecule has 282 valence electrons. The Morgan fingerprint density at radius 1 is 1.06 bits per heavy atom. The van der Waals surface area contributed by atoms with Gasteiger partial charge in [-0.05, 0) is 90.0 Å². The number of hydrogen-bond acceptors (Lipinski definition) is 14. The van der Waals surface area contributed by atoms with E-state index < -0.39 is 47.9 Å². The van der Waals surface area contributed by atoms with Crippen molar-refractivity contribution in [3.63, 3.8) is 0 Å². The van der Waals surface area contributed by atoms with Crippen LogP contribution < -0.4 is 30.6 Å². The summed E-state index contributed by atoms with van der Waals surface area (Å²) in [5, 5.41) is 34.9. The van der Waals surface area contributed by atoms with E-state index in [2.05, 4.69) is 59.5 Å². The molecule has 4 heterocycles. The van der Waals surface area contributed by atoms with Crippen LogP contribution in [0.4, 0.5) is 19.0 Å². The third-order valence-corrected chi connectivity index (χ3v) is 9.14. The summed E-state index contributed by atoms with van der Waals surface area (Å²) in [5.41, 5.74) is 4.07. The van der Waals surface area contributed by atoms with Crippen LogP contribution in [0, 0.1) is 3.57 Å². The number of fused-ring (bicyclic) bond motifs is 2. The molecule has 0 unspecified atom stereocenters. The van der Waals surface area contributed by atoms with E-state index in [1.54, 1.807) is 12.1 Å². The number of nitrogens with two attached hydrogens (primary N) is 1. The first-order valence-electron chi connectivity index (χ1n) is 16.4. The van der Waals surface area contributed by atoms with Crippen molar-refractivity contribution in [3.8, 4) is 23.1 Å². The molecule has 6 N–H and O–H groups in total. The number of hydrogen-bond donors (Lipinski definition) is 5. The van der Waals surface area contributed by atoms with Crippen molar-refractivity contribution in [1.82, 2.24) is 25.5 Å². The van der Waals surface area contributed by atoms with Crippen molar-refractivity contribution >= 4 is 34.3 Å². The van der Waals surface area contributed by atoms with E-state index >= 15 is 0 Å². The number of carbonyl (C=O) groups is 1. The molecule has 2 bridgehead atoms. The van der Waals surface area contributed by atoms with Gasteiger partial charge in [-0.15, -0.1) is 10.2 Å². The molecule has 0 saturated carbocycles. The molecule has 6 rings (SSSR count). The zero-order valence-corrected chi connectivity index (χ0v) is 30.0. The quantitative estimate of drug-likeness (QED) is 0.0862. The van der Waals surface area contributed by atoms with Gasteiger partial charge in [0.25, 0.3) is 5.91 Å². The van der Waals surface area contributed by atoms with E-state index in [-0.39, 0.29) is 30.6 Å². The monoisotopic (exact) mass is 853 g/mol. The van der Waals surface area contributed by atoms with Gasteiger partial charge in [-0.25, -0.2) is 4.98 Å². The maximum atomic E-state index is 13.1. The summed E-state index contributed by atoms with van der Waals surface area (Å²) in [6, 6.07) is 14.8. The van der Waals surface area contributed by atoms with E-state index in [0.29, 0.717) is 43.8 Å². The molecule has 4 aromatic rings. The number of benzene rings is 2. The lowest BCUT2D eigenvalue weighted by molar-refractivity contribution is -0.222. The average molecular weight is 854 g/mol. The number of aliphatic hydroxyl groups excluding tert-OH is 2. The zero-order valence-electron chi connectivity index (χ0n) is 27.8. The standard InChI is InChI=1S/C34H35F3IN7O8/c35-34(36,37)25-15-40-16-26(42-25)43-28-29(46)30(47)33(18-51-32(28)53-33)17-50-27-9-7-23(44-45-27)31(48)41-12-1-13-49-20-3-5-21(6-4-20)52-24-8-2-19(10-11-39)14-22(24)38/h2-9,14-16,28-30,32,46-47H,1,10-13,17-18,39H2,(H,41,48)(H,42,43)/t28-,29-,30-,32+,33+/m1/s1. The second kappa shape index (κ2) is 16.7. The van der Waals surface area contributed by atoms with Gasteiger partial charge in [0.05, 0.1) is 29.2 Å². The van der Waals surface area contributed by atoms with Crippen LogP contribution in [0.25, 0.3) is 0 Å². The van der Waals surface area contributed by atoms with Crippen LogP contribution in [0.15, 0.2) is 67.0 Å². The van der Waals surface area contributed by atoms with Gasteiger partial charge in [0.2, 0.25) is 5.88 Å². The Balaban J connectivity index is 0.913. The predicted octanol–water partition coefficient (Wildman–Crippen LogP) is 3.09. The summed E-state index contributed by atoms with van der Waals surface area (Å²) in [6.07, 6.45) is -6.08. The van der Waals surface area contributed by atoms with Gasteiger partial charge in [0, 0.05) is 12.6 Å². The topological polar surface area (TPSA) is 205 Å². The number of nitrogens with zero attached hydrogens (tertiary/aromatic N) is 4. The maximum absolute atomic E-state index is 13.1. The van der Waals surface area contributed by atoms with Crippen molar-refractivity contribution in [2.45, 2.75) is 49.2 Å². The van der Waals surface area contributed by atoms with Crippen molar-refractivity contribution in [2.24, 2.45) is 5.73 Å². The van der Waals surface area contributed by atoms with E-state index in [0.717, 1.165) is 27.5 Å². The molecular formula is C34H35F3IN7O8. The fourth-order valence-corrected chi connectivity index (χ4v) is 6.22. The Bertz CT molecular complexity index is 1860. The van der Waals surface area contributed by atoms with E-state index in [1.807, 2.05) is 24.3 Å². The third-order valence-electron chi connectivity index (χ3n) is 8.30. The number of amides is 1. The molecule has 0 radical (unpaired) electrons. The Kier molecular flexibility index (Phi) is 12.1. The van der Waals surface area contributed by atoms with Crippen molar-refractivity contribution in [3.05, 3.63) is 87.5 Å². The first kappa shape index (κ1) is 38.3. The summed E-state index contributed by atoms with van der Waals surface area (Å²) in [6.45, 7) is 0.727. The number of rotatable bonds is 15. The first-order valence-corrected chi connectivity index (χ1v) is 17.5. The van der Waals surface area contributed by atoms with Crippen molar-refractivity contribution in [2.75, 3.05) is 38.2 Å². The second-order valence-corrected chi connectivity index (χ2v) is 13.3. The minimum absolute atomic E-state index is 0.00382. The molecule has 5 atom stereocenters. The first-order chi connectivity index (χ1) is 25.4. The van der Waals surface area contributed by atoms with Crippen LogP contribution in [0.2, 0.25) is 0 Å². The van der Waals surface area contributed by atoms with E-state index in [9.17, 15) is 28.2 Å². The molecule has 2 aliphatic heterocycles. The Hall–Kier alpha value is -4.41. The number of carbonyl (C=O) groups excluding carboxylic acids is 1. The minimum Gasteiger partial charge on any atom is -0.494 e. The van der Waals surface area contributed by atoms with Gasteiger partial charge in [0.1, 0.15) is 47.9 Å². The molecule has 53 heavy (non-hydrogen) atoms. The van der Waals surface area contributed by atoms with E-state index in [1.165, 1.54) is 12.1 Å². The number of halogens is 4. The van der Waals surface area contributed by atoms with Gasteiger partial charge in [-0.1, -0.05) is 6.07 Å². The molecule has 2 fully saturated rings. The van der Waals surface area contributed by atoms with Gasteiger partial charge in [-0.3, -0.25) is 9.78 Å². The number of nitrogens with one attached hydrogen (secondary N) is 2.